The quantitative estimate of drug-likeness (QED) is 0.652. The first-order valence-electron chi connectivity index (χ1n) is 4.14. The number of hydrogen-bond acceptors (Lipinski definition) is 2. The summed E-state index contributed by atoms with van der Waals surface area (Å²) >= 11 is 3.39. The average molecular weight is 241 g/mol. The summed E-state index contributed by atoms with van der Waals surface area (Å²) in [5.74, 6) is -0.207. The van der Waals surface area contributed by atoms with Crippen LogP contribution in [0.4, 0.5) is 0 Å². The summed E-state index contributed by atoms with van der Waals surface area (Å²) in [6.45, 7) is 2.53. The molecule has 0 amide bonds. The van der Waals surface area contributed by atoms with E-state index in [4.69, 9.17) is 4.74 Å². The van der Waals surface area contributed by atoms with Gasteiger partial charge in [0.15, 0.2) is 0 Å². The predicted octanol–water partition coefficient (Wildman–Crippen LogP) is 2.47. The number of carbonyl (C=O) groups is 1. The Kier molecular flexibility index (Phi) is 2.12. The van der Waals surface area contributed by atoms with Crippen molar-refractivity contribution in [3.8, 4) is 0 Å². The molecule has 1 aromatic rings. The average Bonchev–Trinajstić information content (AvgIpc) is 2.09. The molecule has 0 N–H and O–H groups in total. The number of rotatable bonds is 0. The highest BCUT2D eigenvalue weighted by atomic mass is 79.9. The Balaban J connectivity index is 2.58. The van der Waals surface area contributed by atoms with Crippen LogP contribution in [0.1, 0.15) is 21.5 Å². The van der Waals surface area contributed by atoms with E-state index in [0.717, 1.165) is 22.0 Å². The van der Waals surface area contributed by atoms with Gasteiger partial charge >= 0.3 is 5.97 Å². The Labute approximate surface area is 85.0 Å². The zero-order chi connectivity index (χ0) is 9.42. The normalized spacial score (nSPS) is 15.1. The number of carbonyl (C=O) groups excluding carboxylic acids is 1. The number of fused-ring (bicyclic) bond motifs is 1. The Morgan fingerprint density at radius 2 is 2.23 bits per heavy atom. The second kappa shape index (κ2) is 3.14. The molecule has 0 bridgehead atoms. The first kappa shape index (κ1) is 8.75. The molecule has 0 atom stereocenters. The van der Waals surface area contributed by atoms with Crippen LogP contribution in [0.3, 0.4) is 0 Å². The topological polar surface area (TPSA) is 26.3 Å². The maximum absolute atomic E-state index is 11.3. The van der Waals surface area contributed by atoms with Crippen molar-refractivity contribution in [2.24, 2.45) is 0 Å². The maximum Gasteiger partial charge on any atom is 0.338 e. The lowest BCUT2D eigenvalue weighted by Crippen LogP contribution is -2.17. The van der Waals surface area contributed by atoms with Crippen LogP contribution in [0.2, 0.25) is 0 Å². The Bertz CT molecular complexity index is 371. The zero-order valence-corrected chi connectivity index (χ0v) is 8.85. The van der Waals surface area contributed by atoms with Crippen LogP contribution in [-0.2, 0) is 11.2 Å². The number of ether oxygens (including phenoxy) is 1. The molecule has 2 nitrogen and oxygen atoms in total. The van der Waals surface area contributed by atoms with Gasteiger partial charge in [0.1, 0.15) is 0 Å². The molecule has 0 fully saturated rings. The minimum atomic E-state index is -0.207. The molecular formula is C10H9BrO2. The van der Waals surface area contributed by atoms with E-state index in [9.17, 15) is 4.79 Å². The largest absolute Gasteiger partial charge is 0.462 e. The highest BCUT2D eigenvalue weighted by molar-refractivity contribution is 9.10. The number of benzene rings is 1. The molecule has 0 spiro atoms. The van der Waals surface area contributed by atoms with Gasteiger partial charge in [-0.15, -0.1) is 0 Å². The zero-order valence-electron chi connectivity index (χ0n) is 7.26. The van der Waals surface area contributed by atoms with Gasteiger partial charge in [-0.05, 0) is 24.1 Å². The molecule has 1 aliphatic heterocycles. The van der Waals surface area contributed by atoms with Crippen molar-refractivity contribution in [2.75, 3.05) is 6.61 Å². The van der Waals surface area contributed by atoms with Crippen LogP contribution in [-0.4, -0.2) is 12.6 Å². The third kappa shape index (κ3) is 1.48. The summed E-state index contributed by atoms with van der Waals surface area (Å²) in [6.07, 6.45) is 0.829. The molecular weight excluding hydrogens is 232 g/mol. The van der Waals surface area contributed by atoms with Crippen molar-refractivity contribution < 1.29 is 9.53 Å². The second-order valence-electron chi connectivity index (χ2n) is 3.14. The van der Waals surface area contributed by atoms with Crippen molar-refractivity contribution >= 4 is 21.9 Å². The monoisotopic (exact) mass is 240 g/mol. The van der Waals surface area contributed by atoms with Crippen molar-refractivity contribution in [3.63, 3.8) is 0 Å². The van der Waals surface area contributed by atoms with E-state index in [2.05, 4.69) is 15.9 Å². The smallest absolute Gasteiger partial charge is 0.338 e. The highest BCUT2D eigenvalue weighted by Crippen LogP contribution is 2.24. The molecule has 0 radical (unpaired) electrons. The van der Waals surface area contributed by atoms with Crippen molar-refractivity contribution in [2.45, 2.75) is 13.3 Å². The van der Waals surface area contributed by atoms with Gasteiger partial charge in [0.05, 0.1) is 12.2 Å². The van der Waals surface area contributed by atoms with Crippen molar-refractivity contribution in [1.82, 2.24) is 0 Å². The van der Waals surface area contributed by atoms with Gasteiger partial charge in [0, 0.05) is 10.9 Å². The van der Waals surface area contributed by atoms with E-state index in [0.29, 0.717) is 12.2 Å². The van der Waals surface area contributed by atoms with E-state index in [1.54, 1.807) is 0 Å². The molecule has 13 heavy (non-hydrogen) atoms. The van der Waals surface area contributed by atoms with E-state index in [-0.39, 0.29) is 5.97 Å². The number of halogens is 1. The van der Waals surface area contributed by atoms with Gasteiger partial charge in [-0.25, -0.2) is 4.79 Å². The highest BCUT2D eigenvalue weighted by Gasteiger charge is 2.19. The SMILES string of the molecule is Cc1cc2c(cc1Br)C(=O)OCC2. The van der Waals surface area contributed by atoms with Crippen LogP contribution >= 0.6 is 15.9 Å². The van der Waals surface area contributed by atoms with Gasteiger partial charge in [0.2, 0.25) is 0 Å². The minimum Gasteiger partial charge on any atom is -0.462 e. The van der Waals surface area contributed by atoms with Gasteiger partial charge in [0.25, 0.3) is 0 Å². The molecule has 3 heteroatoms. The summed E-state index contributed by atoms with van der Waals surface area (Å²) in [5.41, 5.74) is 2.95. The number of hydrogen-bond donors (Lipinski definition) is 0. The van der Waals surface area contributed by atoms with Crippen LogP contribution < -0.4 is 0 Å². The van der Waals surface area contributed by atoms with Gasteiger partial charge in [-0.2, -0.15) is 0 Å². The molecule has 0 aromatic heterocycles. The molecule has 1 heterocycles. The number of esters is 1. The first-order valence-corrected chi connectivity index (χ1v) is 4.94. The van der Waals surface area contributed by atoms with Gasteiger partial charge in [-0.3, -0.25) is 0 Å². The molecule has 0 unspecified atom stereocenters. The fourth-order valence-corrected chi connectivity index (χ4v) is 1.81. The fraction of sp³-hybridized carbons (Fsp3) is 0.300. The summed E-state index contributed by atoms with van der Waals surface area (Å²) in [5, 5.41) is 0. The standard InChI is InChI=1S/C10H9BrO2/c1-6-4-7-2-3-13-10(12)8(7)5-9(6)11/h4-5H,2-3H2,1H3. The molecule has 0 aliphatic carbocycles. The summed E-state index contributed by atoms with van der Waals surface area (Å²) < 4.78 is 5.90. The first-order chi connectivity index (χ1) is 6.18. The van der Waals surface area contributed by atoms with Crippen molar-refractivity contribution in [1.29, 1.82) is 0 Å². The molecule has 1 aliphatic rings. The van der Waals surface area contributed by atoms with Crippen LogP contribution in [0, 0.1) is 6.92 Å². The Morgan fingerprint density at radius 1 is 1.46 bits per heavy atom. The van der Waals surface area contributed by atoms with Crippen LogP contribution in [0.15, 0.2) is 16.6 Å². The van der Waals surface area contributed by atoms with E-state index in [1.807, 2.05) is 19.1 Å². The Hall–Kier alpha value is -0.830. The lowest BCUT2D eigenvalue weighted by molar-refractivity contribution is 0.0480. The van der Waals surface area contributed by atoms with E-state index >= 15 is 0 Å². The lowest BCUT2D eigenvalue weighted by Gasteiger charge is -2.16. The number of aryl methyl sites for hydroxylation is 1. The van der Waals surface area contributed by atoms with Gasteiger partial charge < -0.3 is 4.74 Å². The van der Waals surface area contributed by atoms with E-state index < -0.39 is 0 Å². The maximum atomic E-state index is 11.3. The van der Waals surface area contributed by atoms with Crippen LogP contribution in [0.5, 0.6) is 0 Å². The van der Waals surface area contributed by atoms with Crippen LogP contribution in [0.25, 0.3) is 0 Å². The Morgan fingerprint density at radius 3 is 3.00 bits per heavy atom. The molecule has 0 saturated carbocycles. The number of cyclic esters (lactones) is 1. The third-order valence-corrected chi connectivity index (χ3v) is 3.06. The fourth-order valence-electron chi connectivity index (χ4n) is 1.47. The summed E-state index contributed by atoms with van der Waals surface area (Å²) in [6, 6.07) is 3.88. The van der Waals surface area contributed by atoms with Gasteiger partial charge in [-0.1, -0.05) is 22.0 Å². The van der Waals surface area contributed by atoms with Crippen molar-refractivity contribution in [3.05, 3.63) is 33.3 Å². The molecule has 0 saturated heterocycles. The minimum absolute atomic E-state index is 0.207. The molecule has 68 valence electrons. The lowest BCUT2D eigenvalue weighted by atomic mass is 10.0. The summed E-state index contributed by atoms with van der Waals surface area (Å²) in [4.78, 5) is 11.3. The predicted molar refractivity (Wildman–Crippen MR) is 52.9 cm³/mol. The molecule has 1 aromatic carbocycles. The van der Waals surface area contributed by atoms with E-state index in [1.165, 1.54) is 0 Å². The summed E-state index contributed by atoms with van der Waals surface area (Å²) in [7, 11) is 0. The second-order valence-corrected chi connectivity index (χ2v) is 4.00. The molecule has 2 rings (SSSR count). The third-order valence-electron chi connectivity index (χ3n) is 2.21.